The van der Waals surface area contributed by atoms with Gasteiger partial charge < -0.3 is 20.3 Å². The highest BCUT2D eigenvalue weighted by Crippen LogP contribution is 2.23. The molecule has 1 aromatic rings. The lowest BCUT2D eigenvalue weighted by Crippen LogP contribution is -2.69. The summed E-state index contributed by atoms with van der Waals surface area (Å²) in [5.41, 5.74) is 1.03. The van der Waals surface area contributed by atoms with Gasteiger partial charge in [-0.1, -0.05) is 0 Å². The van der Waals surface area contributed by atoms with Crippen molar-refractivity contribution in [1.29, 1.82) is 0 Å². The molecule has 0 unspecified atom stereocenters. The Bertz CT molecular complexity index is 620. The van der Waals surface area contributed by atoms with Crippen LogP contribution in [0.25, 0.3) is 0 Å². The Morgan fingerprint density at radius 3 is 2.48 bits per heavy atom. The lowest BCUT2D eigenvalue weighted by molar-refractivity contribution is -0.126. The van der Waals surface area contributed by atoms with Crippen molar-refractivity contribution >= 4 is 11.8 Å². The number of morpholine rings is 1. The molecule has 6 heteroatoms. The summed E-state index contributed by atoms with van der Waals surface area (Å²) < 4.78 is 5.80. The number of nitrogens with one attached hydrogen (secondary N) is 2. The van der Waals surface area contributed by atoms with Crippen molar-refractivity contribution in [2.75, 3.05) is 32.8 Å². The van der Waals surface area contributed by atoms with Gasteiger partial charge in [0.05, 0.1) is 13.2 Å². The largest absolute Gasteiger partial charge is 0.369 e. The molecule has 2 N–H and O–H groups in total. The number of nitrogens with zero attached hydrogens (tertiary/aromatic N) is 1. The second kappa shape index (κ2) is 5.62. The van der Waals surface area contributed by atoms with Crippen LogP contribution in [0.3, 0.4) is 0 Å². The van der Waals surface area contributed by atoms with Crippen LogP contribution in [0.5, 0.6) is 0 Å². The molecule has 2 aliphatic heterocycles. The van der Waals surface area contributed by atoms with Crippen LogP contribution in [-0.2, 0) is 4.74 Å². The molecule has 2 heterocycles. The normalized spacial score (nSPS) is 22.5. The Hall–Kier alpha value is -1.92. The SMILES string of the molecule is O=C(NC1CC1)c1ccc(C(=O)N2CCOC3(CNC3)C2)cc1. The van der Waals surface area contributed by atoms with E-state index in [1.165, 1.54) is 0 Å². The number of carbonyl (C=O) groups excluding carboxylic acids is 2. The van der Waals surface area contributed by atoms with Crippen molar-refractivity contribution < 1.29 is 14.3 Å². The van der Waals surface area contributed by atoms with E-state index in [0.29, 0.717) is 36.9 Å². The highest BCUT2D eigenvalue weighted by molar-refractivity contribution is 5.98. The predicted octanol–water partition coefficient (Wildman–Crippen LogP) is 0.393. The summed E-state index contributed by atoms with van der Waals surface area (Å²) in [5.74, 6) is -0.0499. The summed E-state index contributed by atoms with van der Waals surface area (Å²) in [7, 11) is 0. The molecule has 1 saturated carbocycles. The highest BCUT2D eigenvalue weighted by Gasteiger charge is 2.43. The molecular formula is C17H21N3O3. The number of hydrogen-bond donors (Lipinski definition) is 2. The third-order valence-corrected chi connectivity index (χ3v) is 4.74. The number of hydrogen-bond acceptors (Lipinski definition) is 4. The first-order chi connectivity index (χ1) is 11.2. The summed E-state index contributed by atoms with van der Waals surface area (Å²) >= 11 is 0. The molecule has 1 spiro atoms. The summed E-state index contributed by atoms with van der Waals surface area (Å²) in [5, 5.41) is 6.15. The third-order valence-electron chi connectivity index (χ3n) is 4.74. The zero-order valence-electron chi connectivity index (χ0n) is 13.0. The van der Waals surface area contributed by atoms with Gasteiger partial charge in [-0.3, -0.25) is 9.59 Å². The van der Waals surface area contributed by atoms with Crippen LogP contribution in [-0.4, -0.2) is 61.1 Å². The average Bonchev–Trinajstić information content (AvgIpc) is 3.37. The Labute approximate surface area is 135 Å². The summed E-state index contributed by atoms with van der Waals surface area (Å²) in [6.45, 7) is 3.43. The van der Waals surface area contributed by atoms with Gasteiger partial charge in [0.15, 0.2) is 0 Å². The van der Waals surface area contributed by atoms with Gasteiger partial charge in [-0.25, -0.2) is 0 Å². The smallest absolute Gasteiger partial charge is 0.254 e. The third kappa shape index (κ3) is 2.96. The highest BCUT2D eigenvalue weighted by atomic mass is 16.5. The summed E-state index contributed by atoms with van der Waals surface area (Å²) in [6, 6.07) is 7.28. The molecule has 1 aromatic carbocycles. The van der Waals surface area contributed by atoms with E-state index in [0.717, 1.165) is 25.9 Å². The molecule has 0 radical (unpaired) electrons. The lowest BCUT2D eigenvalue weighted by Gasteiger charge is -2.48. The molecule has 3 aliphatic rings. The van der Waals surface area contributed by atoms with Crippen LogP contribution >= 0.6 is 0 Å². The average molecular weight is 315 g/mol. The van der Waals surface area contributed by atoms with Crippen molar-refractivity contribution in [3.63, 3.8) is 0 Å². The fourth-order valence-electron chi connectivity index (χ4n) is 3.08. The van der Waals surface area contributed by atoms with E-state index >= 15 is 0 Å². The van der Waals surface area contributed by atoms with Gasteiger partial charge in [0, 0.05) is 36.8 Å². The molecule has 1 aliphatic carbocycles. The van der Waals surface area contributed by atoms with Gasteiger partial charge in [-0.05, 0) is 37.1 Å². The zero-order valence-corrected chi connectivity index (χ0v) is 13.0. The Kier molecular flexibility index (Phi) is 3.58. The number of amides is 2. The number of rotatable bonds is 3. The Balaban J connectivity index is 1.42. The first-order valence-corrected chi connectivity index (χ1v) is 8.20. The molecule has 0 atom stereocenters. The van der Waals surface area contributed by atoms with Gasteiger partial charge in [0.25, 0.3) is 11.8 Å². The van der Waals surface area contributed by atoms with Crippen LogP contribution in [0.2, 0.25) is 0 Å². The molecular weight excluding hydrogens is 294 g/mol. The van der Waals surface area contributed by atoms with E-state index in [-0.39, 0.29) is 17.4 Å². The molecule has 6 nitrogen and oxygen atoms in total. The second-order valence-corrected chi connectivity index (χ2v) is 6.69. The van der Waals surface area contributed by atoms with Crippen LogP contribution in [0.15, 0.2) is 24.3 Å². The first-order valence-electron chi connectivity index (χ1n) is 8.20. The summed E-state index contributed by atoms with van der Waals surface area (Å²) in [6.07, 6.45) is 2.13. The van der Waals surface area contributed by atoms with Gasteiger partial charge in [0.1, 0.15) is 5.60 Å². The van der Waals surface area contributed by atoms with E-state index in [9.17, 15) is 9.59 Å². The van der Waals surface area contributed by atoms with Crippen LogP contribution < -0.4 is 10.6 Å². The lowest BCUT2D eigenvalue weighted by atomic mass is 9.94. The maximum atomic E-state index is 12.6. The van der Waals surface area contributed by atoms with Crippen molar-refractivity contribution in [3.8, 4) is 0 Å². The maximum Gasteiger partial charge on any atom is 0.254 e. The standard InChI is InChI=1S/C17H21N3O3/c21-15(19-14-5-6-14)12-1-3-13(4-2-12)16(22)20-7-8-23-17(11-20)9-18-10-17/h1-4,14,18H,5-11H2,(H,19,21). The number of ether oxygens (including phenoxy) is 1. The Morgan fingerprint density at radius 1 is 1.17 bits per heavy atom. The van der Waals surface area contributed by atoms with Gasteiger partial charge in [0.2, 0.25) is 0 Å². The van der Waals surface area contributed by atoms with E-state index in [1.807, 2.05) is 4.90 Å². The molecule has 122 valence electrons. The van der Waals surface area contributed by atoms with Gasteiger partial charge in [-0.2, -0.15) is 0 Å². The minimum Gasteiger partial charge on any atom is -0.369 e. The second-order valence-electron chi connectivity index (χ2n) is 6.69. The quantitative estimate of drug-likeness (QED) is 0.847. The predicted molar refractivity (Wildman–Crippen MR) is 84.4 cm³/mol. The maximum absolute atomic E-state index is 12.6. The fourth-order valence-corrected chi connectivity index (χ4v) is 3.08. The van der Waals surface area contributed by atoms with Crippen molar-refractivity contribution in [3.05, 3.63) is 35.4 Å². The summed E-state index contributed by atoms with van der Waals surface area (Å²) in [4.78, 5) is 26.5. The first kappa shape index (κ1) is 14.7. The van der Waals surface area contributed by atoms with Crippen molar-refractivity contribution in [2.24, 2.45) is 0 Å². The molecule has 23 heavy (non-hydrogen) atoms. The molecule has 0 bridgehead atoms. The molecule has 2 amide bonds. The van der Waals surface area contributed by atoms with Crippen LogP contribution in [0.1, 0.15) is 33.6 Å². The number of benzene rings is 1. The minimum atomic E-state index is -0.196. The molecule has 2 saturated heterocycles. The molecule has 0 aromatic heterocycles. The van der Waals surface area contributed by atoms with Crippen molar-refractivity contribution in [2.45, 2.75) is 24.5 Å². The molecule has 4 rings (SSSR count). The zero-order chi connectivity index (χ0) is 15.9. The van der Waals surface area contributed by atoms with E-state index in [4.69, 9.17) is 4.74 Å². The number of carbonyl (C=O) groups is 2. The van der Waals surface area contributed by atoms with Gasteiger partial charge >= 0.3 is 0 Å². The topological polar surface area (TPSA) is 70.7 Å². The Morgan fingerprint density at radius 2 is 1.87 bits per heavy atom. The van der Waals surface area contributed by atoms with E-state index in [1.54, 1.807) is 24.3 Å². The monoisotopic (exact) mass is 315 g/mol. The molecule has 3 fully saturated rings. The van der Waals surface area contributed by atoms with Crippen molar-refractivity contribution in [1.82, 2.24) is 15.5 Å². The van der Waals surface area contributed by atoms with Crippen LogP contribution in [0, 0.1) is 0 Å². The van der Waals surface area contributed by atoms with Gasteiger partial charge in [-0.15, -0.1) is 0 Å². The van der Waals surface area contributed by atoms with E-state index in [2.05, 4.69) is 10.6 Å². The van der Waals surface area contributed by atoms with Crippen LogP contribution in [0.4, 0.5) is 0 Å². The minimum absolute atomic E-state index is 0.00808. The fraction of sp³-hybridized carbons (Fsp3) is 0.529. The van der Waals surface area contributed by atoms with E-state index < -0.39 is 0 Å².